The van der Waals surface area contributed by atoms with Crippen LogP contribution in [0.15, 0.2) is 29.3 Å². The fourth-order valence-corrected chi connectivity index (χ4v) is 1.48. The van der Waals surface area contributed by atoms with E-state index in [-0.39, 0.29) is 5.56 Å². The van der Waals surface area contributed by atoms with E-state index >= 15 is 0 Å². The molecule has 0 saturated carbocycles. The van der Waals surface area contributed by atoms with Crippen LogP contribution in [0.25, 0.3) is 5.65 Å². The van der Waals surface area contributed by atoms with E-state index in [0.717, 1.165) is 16.8 Å². The normalized spacial score (nSPS) is 10.6. The number of pyridine rings is 1. The Labute approximate surface area is 75.7 Å². The van der Waals surface area contributed by atoms with Crippen molar-refractivity contribution in [3.05, 3.63) is 46.0 Å². The van der Waals surface area contributed by atoms with Gasteiger partial charge in [0.15, 0.2) is 0 Å². The van der Waals surface area contributed by atoms with Crippen LogP contribution in [-0.2, 0) is 0 Å². The maximum Gasteiger partial charge on any atom is 0.257 e. The number of aryl methyl sites for hydroxylation is 2. The molecule has 3 heteroatoms. The van der Waals surface area contributed by atoms with E-state index in [9.17, 15) is 4.79 Å². The second-order valence-corrected chi connectivity index (χ2v) is 3.18. The third-order valence-electron chi connectivity index (χ3n) is 2.01. The van der Waals surface area contributed by atoms with Crippen LogP contribution in [0.5, 0.6) is 0 Å². The molecule has 0 saturated heterocycles. The van der Waals surface area contributed by atoms with Gasteiger partial charge in [0.2, 0.25) is 0 Å². The zero-order chi connectivity index (χ0) is 9.42. The Hall–Kier alpha value is -1.64. The minimum absolute atomic E-state index is 0.0307. The lowest BCUT2D eigenvalue weighted by Gasteiger charge is -2.03. The zero-order valence-corrected chi connectivity index (χ0v) is 7.61. The van der Waals surface area contributed by atoms with Gasteiger partial charge in [-0.1, -0.05) is 6.07 Å². The summed E-state index contributed by atoms with van der Waals surface area (Å²) < 4.78 is 1.57. The van der Waals surface area contributed by atoms with Crippen LogP contribution in [0.3, 0.4) is 0 Å². The average Bonchev–Trinajstić information content (AvgIpc) is 2.07. The van der Waals surface area contributed by atoms with Crippen molar-refractivity contribution in [2.75, 3.05) is 0 Å². The van der Waals surface area contributed by atoms with E-state index in [2.05, 4.69) is 4.98 Å². The highest BCUT2D eigenvalue weighted by molar-refractivity contribution is 5.47. The van der Waals surface area contributed by atoms with Crippen LogP contribution in [0.1, 0.15) is 11.1 Å². The lowest BCUT2D eigenvalue weighted by atomic mass is 10.2. The van der Waals surface area contributed by atoms with Crippen molar-refractivity contribution in [3.8, 4) is 0 Å². The molecule has 0 atom stereocenters. The minimum Gasteiger partial charge on any atom is -0.269 e. The maximum absolute atomic E-state index is 11.4. The molecule has 0 N–H and O–H groups in total. The SMILES string of the molecule is Cc1cc(C)c2nccc(=O)n2c1. The van der Waals surface area contributed by atoms with Crippen LogP contribution in [0, 0.1) is 13.8 Å². The molecule has 66 valence electrons. The number of fused-ring (bicyclic) bond motifs is 1. The molecule has 0 aliphatic rings. The largest absolute Gasteiger partial charge is 0.269 e. The Balaban J connectivity index is 3.03. The van der Waals surface area contributed by atoms with E-state index in [1.54, 1.807) is 16.8 Å². The summed E-state index contributed by atoms with van der Waals surface area (Å²) in [5.41, 5.74) is 2.80. The summed E-state index contributed by atoms with van der Waals surface area (Å²) in [5.74, 6) is 0. The van der Waals surface area contributed by atoms with Crippen LogP contribution in [0.2, 0.25) is 0 Å². The monoisotopic (exact) mass is 174 g/mol. The van der Waals surface area contributed by atoms with Crippen molar-refractivity contribution < 1.29 is 0 Å². The predicted molar refractivity (Wildman–Crippen MR) is 50.9 cm³/mol. The Bertz CT molecular complexity index is 514. The van der Waals surface area contributed by atoms with E-state index < -0.39 is 0 Å². The van der Waals surface area contributed by atoms with Gasteiger partial charge in [-0.05, 0) is 25.0 Å². The van der Waals surface area contributed by atoms with Crippen LogP contribution >= 0.6 is 0 Å². The lowest BCUT2D eigenvalue weighted by molar-refractivity contribution is 1.02. The average molecular weight is 174 g/mol. The topological polar surface area (TPSA) is 34.4 Å². The molecule has 0 radical (unpaired) electrons. The molecule has 0 aromatic carbocycles. The van der Waals surface area contributed by atoms with E-state index in [1.807, 2.05) is 19.9 Å². The molecule has 0 fully saturated rings. The van der Waals surface area contributed by atoms with Gasteiger partial charge in [-0.3, -0.25) is 9.20 Å². The molecule has 0 bridgehead atoms. The first-order chi connectivity index (χ1) is 6.18. The first kappa shape index (κ1) is 7.98. The van der Waals surface area contributed by atoms with Crippen LogP contribution in [-0.4, -0.2) is 9.38 Å². The smallest absolute Gasteiger partial charge is 0.257 e. The van der Waals surface area contributed by atoms with Gasteiger partial charge >= 0.3 is 0 Å². The summed E-state index contributed by atoms with van der Waals surface area (Å²) in [6.45, 7) is 3.92. The fourth-order valence-electron chi connectivity index (χ4n) is 1.48. The highest BCUT2D eigenvalue weighted by Gasteiger charge is 1.99. The van der Waals surface area contributed by atoms with E-state index in [0.29, 0.717) is 0 Å². The molecule has 13 heavy (non-hydrogen) atoms. The Morgan fingerprint density at radius 3 is 2.92 bits per heavy atom. The molecule has 2 rings (SSSR count). The van der Waals surface area contributed by atoms with Gasteiger partial charge in [-0.15, -0.1) is 0 Å². The summed E-state index contributed by atoms with van der Waals surface area (Å²) in [6, 6.07) is 3.48. The van der Waals surface area contributed by atoms with Gasteiger partial charge < -0.3 is 0 Å². The zero-order valence-electron chi connectivity index (χ0n) is 7.61. The number of aromatic nitrogens is 2. The number of hydrogen-bond donors (Lipinski definition) is 0. The first-order valence-corrected chi connectivity index (χ1v) is 4.13. The molecule has 2 aromatic heterocycles. The number of nitrogens with zero attached hydrogens (tertiary/aromatic N) is 2. The maximum atomic E-state index is 11.4. The van der Waals surface area contributed by atoms with Crippen molar-refractivity contribution in [3.63, 3.8) is 0 Å². The second-order valence-electron chi connectivity index (χ2n) is 3.18. The van der Waals surface area contributed by atoms with Crippen LogP contribution < -0.4 is 5.56 Å². The van der Waals surface area contributed by atoms with Crippen molar-refractivity contribution in [2.24, 2.45) is 0 Å². The second kappa shape index (κ2) is 2.69. The van der Waals surface area contributed by atoms with Gasteiger partial charge in [0.05, 0.1) is 0 Å². The summed E-state index contributed by atoms with van der Waals surface area (Å²) in [5, 5.41) is 0. The van der Waals surface area contributed by atoms with Crippen molar-refractivity contribution in [1.82, 2.24) is 9.38 Å². The molecule has 0 aliphatic carbocycles. The van der Waals surface area contributed by atoms with Gasteiger partial charge in [0.25, 0.3) is 5.56 Å². The van der Waals surface area contributed by atoms with Gasteiger partial charge in [0, 0.05) is 18.5 Å². The standard InChI is InChI=1S/C10H10N2O/c1-7-5-8(2)10-11-4-3-9(13)12(10)6-7/h3-6H,1-2H3. The van der Waals surface area contributed by atoms with Crippen molar-refractivity contribution in [2.45, 2.75) is 13.8 Å². The highest BCUT2D eigenvalue weighted by Crippen LogP contribution is 2.06. The quantitative estimate of drug-likeness (QED) is 0.603. The Morgan fingerprint density at radius 1 is 1.38 bits per heavy atom. The molecular weight excluding hydrogens is 164 g/mol. The molecule has 0 aliphatic heterocycles. The molecule has 0 amide bonds. The summed E-state index contributed by atoms with van der Waals surface area (Å²) >= 11 is 0. The first-order valence-electron chi connectivity index (χ1n) is 4.13. The summed E-state index contributed by atoms with van der Waals surface area (Å²) in [6.07, 6.45) is 3.34. The van der Waals surface area contributed by atoms with Gasteiger partial charge in [-0.2, -0.15) is 0 Å². The van der Waals surface area contributed by atoms with Crippen LogP contribution in [0.4, 0.5) is 0 Å². The summed E-state index contributed by atoms with van der Waals surface area (Å²) in [7, 11) is 0. The Kier molecular flexibility index (Phi) is 1.65. The third-order valence-corrected chi connectivity index (χ3v) is 2.01. The minimum atomic E-state index is -0.0307. The molecule has 2 aromatic rings. The highest BCUT2D eigenvalue weighted by atomic mass is 16.1. The molecule has 3 nitrogen and oxygen atoms in total. The van der Waals surface area contributed by atoms with Crippen molar-refractivity contribution >= 4 is 5.65 Å². The molecular formula is C10H10N2O. The summed E-state index contributed by atoms with van der Waals surface area (Å²) in [4.78, 5) is 15.6. The number of hydrogen-bond acceptors (Lipinski definition) is 2. The third kappa shape index (κ3) is 1.22. The number of rotatable bonds is 0. The van der Waals surface area contributed by atoms with E-state index in [4.69, 9.17) is 0 Å². The predicted octanol–water partition coefficient (Wildman–Crippen LogP) is 1.31. The van der Waals surface area contributed by atoms with Gasteiger partial charge in [-0.25, -0.2) is 4.98 Å². The fraction of sp³-hybridized carbons (Fsp3) is 0.200. The van der Waals surface area contributed by atoms with Gasteiger partial charge in [0.1, 0.15) is 5.65 Å². The molecule has 0 spiro atoms. The molecule has 2 heterocycles. The lowest BCUT2D eigenvalue weighted by Crippen LogP contribution is -2.13. The van der Waals surface area contributed by atoms with Crippen molar-refractivity contribution in [1.29, 1.82) is 0 Å². The van der Waals surface area contributed by atoms with E-state index in [1.165, 1.54) is 6.07 Å². The Morgan fingerprint density at radius 2 is 2.15 bits per heavy atom. The molecule has 0 unspecified atom stereocenters.